The van der Waals surface area contributed by atoms with Crippen molar-refractivity contribution in [1.82, 2.24) is 20.4 Å². The maximum atomic E-state index is 12.5. The highest BCUT2D eigenvalue weighted by Gasteiger charge is 2.34. The van der Waals surface area contributed by atoms with E-state index < -0.39 is 12.7 Å². The van der Waals surface area contributed by atoms with Gasteiger partial charge in [0.25, 0.3) is 0 Å². The van der Waals surface area contributed by atoms with Crippen LogP contribution in [-0.2, 0) is 0 Å². The first-order valence-corrected chi connectivity index (χ1v) is 9.27. The molecule has 2 rings (SSSR count). The first kappa shape index (κ1) is 20.3. The van der Waals surface area contributed by atoms with Crippen LogP contribution in [0.15, 0.2) is 4.99 Å². The van der Waals surface area contributed by atoms with Gasteiger partial charge in [-0.2, -0.15) is 13.2 Å². The van der Waals surface area contributed by atoms with E-state index in [9.17, 15) is 13.2 Å². The molecule has 8 heteroatoms. The SMILES string of the molecule is CN=C(NCC1CCN(CC(F)(F)F)C1)NC1CCN(C(C)C)CC1. The maximum absolute atomic E-state index is 12.5. The zero-order chi connectivity index (χ0) is 18.4. The van der Waals surface area contributed by atoms with Crippen LogP contribution in [0.1, 0.15) is 33.1 Å². The molecule has 2 N–H and O–H groups in total. The molecule has 0 aromatic heterocycles. The van der Waals surface area contributed by atoms with Crippen molar-refractivity contribution in [3.8, 4) is 0 Å². The first-order valence-electron chi connectivity index (χ1n) is 9.27. The third-order valence-electron chi connectivity index (χ3n) is 5.16. The van der Waals surface area contributed by atoms with Gasteiger partial charge in [0.2, 0.25) is 0 Å². The number of likely N-dealkylation sites (tertiary alicyclic amines) is 2. The fourth-order valence-electron chi connectivity index (χ4n) is 3.67. The number of halogens is 3. The zero-order valence-corrected chi connectivity index (χ0v) is 15.6. The fraction of sp³-hybridized carbons (Fsp3) is 0.941. The highest BCUT2D eigenvalue weighted by atomic mass is 19.4. The van der Waals surface area contributed by atoms with Gasteiger partial charge in [0, 0.05) is 45.3 Å². The molecular weight excluding hydrogens is 331 g/mol. The summed E-state index contributed by atoms with van der Waals surface area (Å²) in [6.07, 6.45) is -1.14. The number of nitrogens with zero attached hydrogens (tertiary/aromatic N) is 3. The average Bonchev–Trinajstić information content (AvgIpc) is 2.97. The summed E-state index contributed by atoms with van der Waals surface area (Å²) in [5.41, 5.74) is 0. The lowest BCUT2D eigenvalue weighted by Gasteiger charge is -2.35. The van der Waals surface area contributed by atoms with Crippen molar-refractivity contribution in [2.45, 2.75) is 51.4 Å². The lowest BCUT2D eigenvalue weighted by atomic mass is 10.0. The second-order valence-electron chi connectivity index (χ2n) is 7.51. The number of hydrogen-bond acceptors (Lipinski definition) is 3. The van der Waals surface area contributed by atoms with E-state index in [4.69, 9.17) is 0 Å². The molecule has 0 amide bonds. The number of guanidine groups is 1. The van der Waals surface area contributed by atoms with E-state index in [1.54, 1.807) is 7.05 Å². The Balaban J connectivity index is 1.68. The minimum absolute atomic E-state index is 0.240. The predicted octanol–water partition coefficient (Wildman–Crippen LogP) is 1.91. The van der Waals surface area contributed by atoms with Gasteiger partial charge in [0.15, 0.2) is 5.96 Å². The fourth-order valence-corrected chi connectivity index (χ4v) is 3.67. The smallest absolute Gasteiger partial charge is 0.356 e. The van der Waals surface area contributed by atoms with Crippen molar-refractivity contribution in [1.29, 1.82) is 0 Å². The molecule has 2 fully saturated rings. The molecule has 1 unspecified atom stereocenters. The highest BCUT2D eigenvalue weighted by molar-refractivity contribution is 5.79. The third-order valence-corrected chi connectivity index (χ3v) is 5.16. The molecule has 2 heterocycles. The molecule has 2 saturated heterocycles. The van der Waals surface area contributed by atoms with Gasteiger partial charge in [0.05, 0.1) is 6.54 Å². The minimum Gasteiger partial charge on any atom is -0.356 e. The summed E-state index contributed by atoms with van der Waals surface area (Å²) >= 11 is 0. The van der Waals surface area contributed by atoms with Crippen LogP contribution in [0.25, 0.3) is 0 Å². The molecule has 0 spiro atoms. The van der Waals surface area contributed by atoms with Crippen LogP contribution in [0.3, 0.4) is 0 Å². The molecule has 1 atom stereocenters. The van der Waals surface area contributed by atoms with E-state index in [1.807, 2.05) is 0 Å². The molecule has 0 saturated carbocycles. The Bertz CT molecular complexity index is 430. The topological polar surface area (TPSA) is 42.9 Å². The van der Waals surface area contributed by atoms with Crippen molar-refractivity contribution in [2.24, 2.45) is 10.9 Å². The molecule has 0 radical (unpaired) electrons. The number of alkyl halides is 3. The summed E-state index contributed by atoms with van der Waals surface area (Å²) in [7, 11) is 1.74. The highest BCUT2D eigenvalue weighted by Crippen LogP contribution is 2.22. The van der Waals surface area contributed by atoms with E-state index in [1.165, 1.54) is 4.90 Å². The van der Waals surface area contributed by atoms with Gasteiger partial charge in [-0.15, -0.1) is 0 Å². The van der Waals surface area contributed by atoms with Crippen molar-refractivity contribution >= 4 is 5.96 Å². The Morgan fingerprint density at radius 1 is 1.16 bits per heavy atom. The van der Waals surface area contributed by atoms with Crippen LogP contribution in [-0.4, -0.2) is 80.3 Å². The molecule has 0 aromatic carbocycles. The van der Waals surface area contributed by atoms with Crippen molar-refractivity contribution in [3.63, 3.8) is 0 Å². The van der Waals surface area contributed by atoms with Crippen molar-refractivity contribution in [2.75, 3.05) is 46.3 Å². The van der Waals surface area contributed by atoms with Gasteiger partial charge < -0.3 is 15.5 Å². The monoisotopic (exact) mass is 363 g/mol. The van der Waals surface area contributed by atoms with Gasteiger partial charge in [-0.1, -0.05) is 0 Å². The van der Waals surface area contributed by atoms with Crippen LogP contribution in [0.5, 0.6) is 0 Å². The summed E-state index contributed by atoms with van der Waals surface area (Å²) < 4.78 is 37.4. The molecular formula is C17H32F3N5. The normalized spacial score (nSPS) is 24.9. The van der Waals surface area contributed by atoms with Gasteiger partial charge in [-0.3, -0.25) is 9.89 Å². The molecule has 5 nitrogen and oxygen atoms in total. The largest absolute Gasteiger partial charge is 0.401 e. The molecule has 2 aliphatic heterocycles. The lowest BCUT2D eigenvalue weighted by Crippen LogP contribution is -2.50. The van der Waals surface area contributed by atoms with E-state index in [-0.39, 0.29) is 5.92 Å². The Kier molecular flexibility index (Phi) is 7.37. The molecule has 0 aliphatic carbocycles. The van der Waals surface area contributed by atoms with E-state index in [0.717, 1.165) is 38.3 Å². The average molecular weight is 363 g/mol. The number of nitrogens with one attached hydrogen (secondary N) is 2. The molecule has 2 aliphatic rings. The van der Waals surface area contributed by atoms with Gasteiger partial charge in [-0.25, -0.2) is 0 Å². The second-order valence-corrected chi connectivity index (χ2v) is 7.51. The quantitative estimate of drug-likeness (QED) is 0.578. The second kappa shape index (κ2) is 9.07. The zero-order valence-electron chi connectivity index (χ0n) is 15.6. The van der Waals surface area contributed by atoms with Gasteiger partial charge in [0.1, 0.15) is 0 Å². The Labute approximate surface area is 149 Å². The number of rotatable bonds is 5. The first-order chi connectivity index (χ1) is 11.8. The Morgan fingerprint density at radius 3 is 2.40 bits per heavy atom. The van der Waals surface area contributed by atoms with Crippen LogP contribution in [0.4, 0.5) is 13.2 Å². The van der Waals surface area contributed by atoms with Crippen molar-refractivity contribution in [3.05, 3.63) is 0 Å². The van der Waals surface area contributed by atoms with Crippen molar-refractivity contribution < 1.29 is 13.2 Å². The summed E-state index contributed by atoms with van der Waals surface area (Å²) in [6.45, 7) is 7.49. The van der Waals surface area contributed by atoms with Crippen LogP contribution < -0.4 is 10.6 Å². The number of aliphatic imine (C=N–C) groups is 1. The summed E-state index contributed by atoms with van der Waals surface area (Å²) in [5.74, 6) is 1.00. The van der Waals surface area contributed by atoms with Gasteiger partial charge in [-0.05, 0) is 45.6 Å². The number of piperidine rings is 1. The lowest BCUT2D eigenvalue weighted by molar-refractivity contribution is -0.143. The third kappa shape index (κ3) is 7.01. The van der Waals surface area contributed by atoms with E-state index in [2.05, 4.69) is 34.4 Å². The van der Waals surface area contributed by atoms with Crippen LogP contribution in [0, 0.1) is 5.92 Å². The van der Waals surface area contributed by atoms with Crippen LogP contribution in [0.2, 0.25) is 0 Å². The maximum Gasteiger partial charge on any atom is 0.401 e. The predicted molar refractivity (Wildman–Crippen MR) is 94.8 cm³/mol. The minimum atomic E-state index is -4.11. The summed E-state index contributed by atoms with van der Waals surface area (Å²) in [4.78, 5) is 8.23. The molecule has 0 aromatic rings. The van der Waals surface area contributed by atoms with Gasteiger partial charge >= 0.3 is 6.18 Å². The Morgan fingerprint density at radius 2 is 1.84 bits per heavy atom. The summed E-state index contributed by atoms with van der Waals surface area (Å²) in [6, 6.07) is 0.993. The summed E-state index contributed by atoms with van der Waals surface area (Å²) in [5, 5.41) is 6.75. The molecule has 146 valence electrons. The Hall–Kier alpha value is -1.02. The van der Waals surface area contributed by atoms with Crippen LogP contribution >= 0.6 is 0 Å². The van der Waals surface area contributed by atoms with E-state index in [0.29, 0.717) is 31.7 Å². The number of hydrogen-bond donors (Lipinski definition) is 2. The standard InChI is InChI=1S/C17H32F3N5/c1-13(2)25-8-5-15(6-9-25)23-16(21-3)22-10-14-4-7-24(11-14)12-17(18,19)20/h13-15H,4-12H2,1-3H3,(H2,21,22,23). The molecule has 0 bridgehead atoms. The molecule has 25 heavy (non-hydrogen) atoms. The van der Waals surface area contributed by atoms with E-state index >= 15 is 0 Å².